The number of ether oxygens (including phenoxy) is 6. The molecule has 0 unspecified atom stereocenters. The van der Waals surface area contributed by atoms with Gasteiger partial charge in [-0.25, -0.2) is 15.0 Å². The first-order chi connectivity index (χ1) is 28.2. The van der Waals surface area contributed by atoms with Gasteiger partial charge in [0.25, 0.3) is 5.91 Å². The molecule has 7 rings (SSSR count). The number of carbonyl (C=O) groups is 3. The van der Waals surface area contributed by atoms with Gasteiger partial charge in [0, 0.05) is 12.7 Å². The molecule has 15 heteroatoms. The van der Waals surface area contributed by atoms with E-state index in [4.69, 9.17) is 28.4 Å². The number of aromatic nitrogens is 4. The summed E-state index contributed by atoms with van der Waals surface area (Å²) in [6.07, 6.45) is -1.72. The average Bonchev–Trinajstić information content (AvgIpc) is 3.86. The summed E-state index contributed by atoms with van der Waals surface area (Å²) >= 11 is 0. The van der Waals surface area contributed by atoms with Crippen LogP contribution in [0.15, 0.2) is 122 Å². The molecule has 4 aromatic carbocycles. The Morgan fingerprint density at radius 2 is 1.36 bits per heavy atom. The fourth-order valence-corrected chi connectivity index (χ4v) is 7.05. The quantitative estimate of drug-likeness (QED) is 0.0889. The summed E-state index contributed by atoms with van der Waals surface area (Å²) in [5.74, 6) is -0.771. The molecule has 58 heavy (non-hydrogen) atoms. The number of carboxylic acids is 1. The van der Waals surface area contributed by atoms with Crippen LogP contribution < -0.4 is 14.8 Å². The highest BCUT2D eigenvalue weighted by molar-refractivity contribution is 6.06. The van der Waals surface area contributed by atoms with Gasteiger partial charge in [-0.3, -0.25) is 19.0 Å². The molecule has 1 aliphatic rings. The summed E-state index contributed by atoms with van der Waals surface area (Å²) in [6, 6.07) is 33.4. The Morgan fingerprint density at radius 1 is 0.759 bits per heavy atom. The van der Waals surface area contributed by atoms with Crippen molar-refractivity contribution in [3.8, 4) is 11.5 Å². The lowest BCUT2D eigenvalue weighted by Crippen LogP contribution is -2.46. The number of hydrogen-bond donors (Lipinski definition) is 2. The fourth-order valence-electron chi connectivity index (χ4n) is 7.05. The zero-order chi connectivity index (χ0) is 40.6. The normalized spacial score (nSPS) is 17.8. The number of aliphatic carboxylic acids is 1. The molecular weight excluding hydrogens is 746 g/mol. The van der Waals surface area contributed by atoms with Gasteiger partial charge in [-0.05, 0) is 53.1 Å². The zero-order valence-corrected chi connectivity index (χ0v) is 31.9. The SMILES string of the molecule is COc1ccc(C(O[C@H]2[C@@H](OC)[C@H](n3cnc4c(NC(=O)c5ccccc5)ncnc43)O[C@@H]2COC(=O)CCC(=O)O)(c2ccccc2)c2ccc(OC)cc2)cc1. The van der Waals surface area contributed by atoms with Crippen molar-refractivity contribution >= 4 is 34.8 Å². The molecule has 1 fully saturated rings. The summed E-state index contributed by atoms with van der Waals surface area (Å²) in [6.45, 7) is -0.310. The number of fused-ring (bicyclic) bond motifs is 1. The van der Waals surface area contributed by atoms with Gasteiger partial charge in [0.15, 0.2) is 23.2 Å². The van der Waals surface area contributed by atoms with Crippen LogP contribution in [0.2, 0.25) is 0 Å². The molecule has 0 saturated carbocycles. The number of esters is 1. The Labute approximate surface area is 333 Å². The maximum Gasteiger partial charge on any atom is 0.306 e. The van der Waals surface area contributed by atoms with Crippen LogP contribution in [0.25, 0.3) is 11.2 Å². The Morgan fingerprint density at radius 3 is 1.95 bits per heavy atom. The van der Waals surface area contributed by atoms with Crippen LogP contribution in [-0.2, 0) is 34.1 Å². The van der Waals surface area contributed by atoms with Gasteiger partial charge in [-0.2, -0.15) is 0 Å². The number of carboxylic acid groups (broad SMARTS) is 1. The van der Waals surface area contributed by atoms with E-state index in [0.29, 0.717) is 28.2 Å². The van der Waals surface area contributed by atoms with Crippen molar-refractivity contribution in [1.29, 1.82) is 0 Å². The first kappa shape index (κ1) is 39.6. The van der Waals surface area contributed by atoms with E-state index in [-0.39, 0.29) is 24.8 Å². The van der Waals surface area contributed by atoms with Crippen molar-refractivity contribution in [1.82, 2.24) is 19.5 Å². The van der Waals surface area contributed by atoms with Crippen LogP contribution in [0.5, 0.6) is 11.5 Å². The van der Waals surface area contributed by atoms with Crippen LogP contribution in [0.4, 0.5) is 5.82 Å². The van der Waals surface area contributed by atoms with E-state index in [0.717, 1.165) is 16.7 Å². The predicted molar refractivity (Wildman–Crippen MR) is 209 cm³/mol. The molecule has 1 saturated heterocycles. The summed E-state index contributed by atoms with van der Waals surface area (Å²) in [4.78, 5) is 50.6. The van der Waals surface area contributed by atoms with E-state index >= 15 is 0 Å². The lowest BCUT2D eigenvalue weighted by atomic mass is 9.79. The van der Waals surface area contributed by atoms with Crippen LogP contribution in [0, 0.1) is 0 Å². The molecule has 2 N–H and O–H groups in total. The van der Waals surface area contributed by atoms with Crippen LogP contribution in [-0.4, -0.2) is 88.7 Å². The lowest BCUT2D eigenvalue weighted by Gasteiger charge is -2.40. The zero-order valence-electron chi connectivity index (χ0n) is 31.9. The van der Waals surface area contributed by atoms with E-state index in [9.17, 15) is 19.5 Å². The van der Waals surface area contributed by atoms with Crippen molar-refractivity contribution in [2.45, 2.75) is 43.0 Å². The molecule has 1 amide bonds. The number of rotatable bonds is 16. The number of nitrogens with one attached hydrogen (secondary N) is 1. The van der Waals surface area contributed by atoms with E-state index in [2.05, 4.69) is 20.3 Å². The van der Waals surface area contributed by atoms with Gasteiger partial charge < -0.3 is 38.8 Å². The third kappa shape index (κ3) is 8.09. The van der Waals surface area contributed by atoms with E-state index in [1.165, 1.54) is 19.8 Å². The first-order valence-corrected chi connectivity index (χ1v) is 18.4. The summed E-state index contributed by atoms with van der Waals surface area (Å²) < 4.78 is 38.8. The third-order valence-corrected chi connectivity index (χ3v) is 9.90. The lowest BCUT2D eigenvalue weighted by molar-refractivity contribution is -0.156. The highest BCUT2D eigenvalue weighted by atomic mass is 16.6. The van der Waals surface area contributed by atoms with E-state index in [1.807, 2.05) is 84.9 Å². The number of carbonyl (C=O) groups excluding carboxylic acids is 2. The monoisotopic (exact) mass is 787 g/mol. The minimum absolute atomic E-state index is 0.184. The fraction of sp³-hybridized carbons (Fsp3) is 0.256. The van der Waals surface area contributed by atoms with Crippen LogP contribution >= 0.6 is 0 Å². The molecular formula is C43H41N5O10. The topological polar surface area (TPSA) is 182 Å². The minimum Gasteiger partial charge on any atom is -0.497 e. The number of benzene rings is 4. The standard InChI is InChI=1S/C43H41N5O10/c1-53-31-18-14-29(15-19-31)43(28-12-8-5-9-13-28,30-16-20-32(54-2)21-17-30)58-37-33(24-56-35(51)23-22-34(49)50)57-42(38(37)55-3)48-26-46-36-39(44-25-45-40(36)48)47-41(52)27-10-6-4-7-11-27/h4-21,25-26,33,37-38,42H,22-24H2,1-3H3,(H,49,50)(H,44,45,47,52)/t33-,37-,38-,42-/m1/s1. The Kier molecular flexibility index (Phi) is 12.0. The van der Waals surface area contributed by atoms with Crippen molar-refractivity contribution in [2.24, 2.45) is 0 Å². The van der Waals surface area contributed by atoms with E-state index in [1.54, 1.807) is 43.1 Å². The predicted octanol–water partition coefficient (Wildman–Crippen LogP) is 5.79. The van der Waals surface area contributed by atoms with Crippen LogP contribution in [0.1, 0.15) is 46.1 Å². The molecule has 6 aromatic rings. The molecule has 3 heterocycles. The first-order valence-electron chi connectivity index (χ1n) is 18.4. The maximum absolute atomic E-state index is 13.1. The molecule has 298 valence electrons. The highest BCUT2D eigenvalue weighted by Gasteiger charge is 2.53. The van der Waals surface area contributed by atoms with Crippen molar-refractivity contribution in [3.05, 3.63) is 144 Å². The number of nitrogens with zero attached hydrogens (tertiary/aromatic N) is 4. The third-order valence-electron chi connectivity index (χ3n) is 9.90. The minimum atomic E-state index is -1.33. The van der Waals surface area contributed by atoms with E-state index < -0.39 is 48.5 Å². The number of methoxy groups -OCH3 is 3. The largest absolute Gasteiger partial charge is 0.497 e. The molecule has 0 spiro atoms. The van der Waals surface area contributed by atoms with Gasteiger partial charge in [0.2, 0.25) is 0 Å². The smallest absolute Gasteiger partial charge is 0.306 e. The molecule has 0 radical (unpaired) electrons. The van der Waals surface area contributed by atoms with Gasteiger partial charge in [-0.15, -0.1) is 0 Å². The number of anilines is 1. The molecule has 15 nitrogen and oxygen atoms in total. The van der Waals surface area contributed by atoms with Gasteiger partial charge in [0.05, 0.1) is 33.4 Å². The molecule has 2 aromatic heterocycles. The van der Waals surface area contributed by atoms with Gasteiger partial charge in [0.1, 0.15) is 48.3 Å². The average molecular weight is 788 g/mol. The number of amides is 1. The van der Waals surface area contributed by atoms with Gasteiger partial charge >= 0.3 is 11.9 Å². The Balaban J connectivity index is 1.33. The maximum atomic E-state index is 13.1. The Hall–Kier alpha value is -6.68. The van der Waals surface area contributed by atoms with Crippen molar-refractivity contribution in [3.63, 3.8) is 0 Å². The van der Waals surface area contributed by atoms with Crippen LogP contribution in [0.3, 0.4) is 0 Å². The summed E-state index contributed by atoms with van der Waals surface area (Å²) in [5, 5.41) is 12.0. The second kappa shape index (κ2) is 17.6. The second-order valence-corrected chi connectivity index (χ2v) is 13.3. The molecule has 0 bridgehead atoms. The number of hydrogen-bond acceptors (Lipinski definition) is 12. The second-order valence-electron chi connectivity index (χ2n) is 13.3. The van der Waals surface area contributed by atoms with Crippen molar-refractivity contribution in [2.75, 3.05) is 33.3 Å². The summed E-state index contributed by atoms with van der Waals surface area (Å²) in [7, 11) is 4.70. The molecule has 0 aliphatic carbocycles. The number of imidazole rings is 1. The molecule has 4 atom stereocenters. The van der Waals surface area contributed by atoms with Crippen molar-refractivity contribution < 1.29 is 47.9 Å². The van der Waals surface area contributed by atoms with Gasteiger partial charge in [-0.1, -0.05) is 72.8 Å². The Bertz CT molecular complexity index is 2290. The molecule has 1 aliphatic heterocycles. The highest BCUT2D eigenvalue weighted by Crippen LogP contribution is 2.46. The summed E-state index contributed by atoms with van der Waals surface area (Å²) in [5.41, 5.74) is 1.95.